The molecule has 0 aliphatic carbocycles. The molecule has 0 N–H and O–H groups in total. The highest BCUT2D eigenvalue weighted by Gasteiger charge is 2.06. The van der Waals surface area contributed by atoms with E-state index in [1.807, 2.05) is 18.2 Å². The lowest BCUT2D eigenvalue weighted by Gasteiger charge is -2.10. The first kappa shape index (κ1) is 14.2. The van der Waals surface area contributed by atoms with E-state index in [4.69, 9.17) is 27.9 Å². The molecule has 0 spiro atoms. The molecule has 0 fully saturated rings. The van der Waals surface area contributed by atoms with E-state index in [2.05, 4.69) is 31.9 Å². The van der Waals surface area contributed by atoms with Crippen LogP contribution in [0.4, 0.5) is 0 Å². The third kappa shape index (κ3) is 3.41. The van der Waals surface area contributed by atoms with Gasteiger partial charge in [-0.1, -0.05) is 55.1 Å². The second-order valence-electron chi connectivity index (χ2n) is 3.56. The molecule has 0 radical (unpaired) electrons. The molecule has 0 aliphatic rings. The van der Waals surface area contributed by atoms with Gasteiger partial charge < -0.3 is 4.74 Å². The fourth-order valence-corrected chi connectivity index (χ4v) is 2.55. The van der Waals surface area contributed by atoms with Crippen LogP contribution in [0.2, 0.25) is 10.0 Å². The minimum Gasteiger partial charge on any atom is -0.457 e. The number of rotatable bonds is 3. The minimum absolute atomic E-state index is 0.478. The molecule has 0 saturated heterocycles. The van der Waals surface area contributed by atoms with Gasteiger partial charge in [0, 0.05) is 21.4 Å². The third-order valence-electron chi connectivity index (χ3n) is 2.29. The van der Waals surface area contributed by atoms with Gasteiger partial charge in [-0.2, -0.15) is 0 Å². The molecule has 18 heavy (non-hydrogen) atoms. The number of benzene rings is 2. The summed E-state index contributed by atoms with van der Waals surface area (Å²) in [6, 6.07) is 11.0. The Kier molecular flexibility index (Phi) is 4.96. The van der Waals surface area contributed by atoms with Crippen LogP contribution in [0.25, 0.3) is 0 Å². The quantitative estimate of drug-likeness (QED) is 0.529. The molecule has 0 aliphatic heterocycles. The second kappa shape index (κ2) is 6.29. The lowest BCUT2D eigenvalue weighted by atomic mass is 10.2. The highest BCUT2D eigenvalue weighted by Crippen LogP contribution is 2.32. The Morgan fingerprint density at radius 2 is 1.78 bits per heavy atom. The fourth-order valence-electron chi connectivity index (χ4n) is 1.42. The van der Waals surface area contributed by atoms with Crippen LogP contribution in [-0.2, 0) is 5.33 Å². The van der Waals surface area contributed by atoms with Gasteiger partial charge in [-0.3, -0.25) is 0 Å². The van der Waals surface area contributed by atoms with Crippen molar-refractivity contribution in [2.24, 2.45) is 0 Å². The zero-order chi connectivity index (χ0) is 13.1. The summed E-state index contributed by atoms with van der Waals surface area (Å²) in [5.41, 5.74) is 1.05. The van der Waals surface area contributed by atoms with Gasteiger partial charge in [0.25, 0.3) is 0 Å². The van der Waals surface area contributed by atoms with Crippen molar-refractivity contribution in [2.45, 2.75) is 5.33 Å². The van der Waals surface area contributed by atoms with Gasteiger partial charge in [-0.05, 0) is 30.3 Å². The maximum absolute atomic E-state index is 5.95. The highest BCUT2D eigenvalue weighted by molar-refractivity contribution is 9.10. The summed E-state index contributed by atoms with van der Waals surface area (Å²) >= 11 is 18.7. The van der Waals surface area contributed by atoms with Crippen LogP contribution < -0.4 is 4.74 Å². The van der Waals surface area contributed by atoms with E-state index in [0.29, 0.717) is 21.1 Å². The molecule has 1 nitrogen and oxygen atoms in total. The van der Waals surface area contributed by atoms with Gasteiger partial charge in [0.15, 0.2) is 0 Å². The lowest BCUT2D eigenvalue weighted by Crippen LogP contribution is -1.89. The summed E-state index contributed by atoms with van der Waals surface area (Å²) < 4.78 is 6.81. The molecule has 0 amide bonds. The predicted octanol–water partition coefficient (Wildman–Crippen LogP) is 6.44. The van der Waals surface area contributed by atoms with Gasteiger partial charge in [0.05, 0.1) is 10.0 Å². The molecule has 0 bridgehead atoms. The zero-order valence-electron chi connectivity index (χ0n) is 9.09. The van der Waals surface area contributed by atoms with Crippen LogP contribution in [0.15, 0.2) is 40.9 Å². The summed E-state index contributed by atoms with van der Waals surface area (Å²) in [5.74, 6) is 1.45. The van der Waals surface area contributed by atoms with E-state index in [1.54, 1.807) is 18.2 Å². The van der Waals surface area contributed by atoms with Gasteiger partial charge in [0.1, 0.15) is 11.5 Å². The van der Waals surface area contributed by atoms with Crippen molar-refractivity contribution in [3.8, 4) is 11.5 Å². The number of alkyl halides is 1. The Morgan fingerprint density at radius 3 is 2.44 bits per heavy atom. The van der Waals surface area contributed by atoms with Crippen molar-refractivity contribution in [3.05, 3.63) is 56.5 Å². The minimum atomic E-state index is 0.478. The van der Waals surface area contributed by atoms with E-state index in [-0.39, 0.29) is 0 Å². The Hall–Kier alpha value is -0.220. The average Bonchev–Trinajstić information content (AvgIpc) is 2.36. The average molecular weight is 411 g/mol. The van der Waals surface area contributed by atoms with E-state index in [1.165, 1.54) is 0 Å². The fraction of sp³-hybridized carbons (Fsp3) is 0.0769. The van der Waals surface area contributed by atoms with Crippen LogP contribution >= 0.6 is 55.1 Å². The van der Waals surface area contributed by atoms with Crippen LogP contribution in [0, 0.1) is 0 Å². The van der Waals surface area contributed by atoms with Gasteiger partial charge in [0.2, 0.25) is 0 Å². The van der Waals surface area contributed by atoms with Crippen LogP contribution in [0.5, 0.6) is 11.5 Å². The molecular formula is C13H8Br2Cl2O. The first-order valence-corrected chi connectivity index (χ1v) is 7.74. The van der Waals surface area contributed by atoms with E-state index >= 15 is 0 Å². The smallest absolute Gasteiger partial charge is 0.131 e. The Balaban J connectivity index is 2.30. The molecular weight excluding hydrogens is 403 g/mol. The molecule has 0 unspecified atom stereocenters. The van der Waals surface area contributed by atoms with Crippen molar-refractivity contribution in [3.63, 3.8) is 0 Å². The number of hydrogen-bond acceptors (Lipinski definition) is 1. The molecule has 94 valence electrons. The lowest BCUT2D eigenvalue weighted by molar-refractivity contribution is 0.478. The van der Waals surface area contributed by atoms with Gasteiger partial charge in [-0.25, -0.2) is 0 Å². The molecule has 0 heterocycles. The molecule has 0 saturated carbocycles. The van der Waals surface area contributed by atoms with Crippen LogP contribution in [0.1, 0.15) is 5.56 Å². The number of halogens is 4. The number of ether oxygens (including phenoxy) is 1. The second-order valence-corrected chi connectivity index (χ2v) is 5.85. The largest absolute Gasteiger partial charge is 0.457 e. The Morgan fingerprint density at radius 1 is 1.00 bits per heavy atom. The summed E-state index contributed by atoms with van der Waals surface area (Å²) in [4.78, 5) is 0. The SMILES string of the molecule is Clc1ccc(Oc2ccc(Br)cc2CBr)cc1Cl. The maximum Gasteiger partial charge on any atom is 0.131 e. The van der Waals surface area contributed by atoms with Crippen LogP contribution in [0.3, 0.4) is 0 Å². The molecule has 0 aromatic heterocycles. The first-order chi connectivity index (χ1) is 8.60. The summed E-state index contributed by atoms with van der Waals surface area (Å²) in [5, 5.41) is 1.70. The highest BCUT2D eigenvalue weighted by atomic mass is 79.9. The molecule has 2 aromatic rings. The number of hydrogen-bond donors (Lipinski definition) is 0. The Labute approximate surface area is 132 Å². The van der Waals surface area contributed by atoms with E-state index in [9.17, 15) is 0 Å². The Bertz CT molecular complexity index is 573. The third-order valence-corrected chi connectivity index (χ3v) is 4.12. The van der Waals surface area contributed by atoms with Crippen molar-refractivity contribution >= 4 is 55.1 Å². The molecule has 2 rings (SSSR count). The van der Waals surface area contributed by atoms with Gasteiger partial charge >= 0.3 is 0 Å². The van der Waals surface area contributed by atoms with E-state index in [0.717, 1.165) is 15.8 Å². The van der Waals surface area contributed by atoms with Crippen molar-refractivity contribution < 1.29 is 4.74 Å². The predicted molar refractivity (Wildman–Crippen MR) is 83.3 cm³/mol. The van der Waals surface area contributed by atoms with E-state index < -0.39 is 0 Å². The van der Waals surface area contributed by atoms with Crippen LogP contribution in [-0.4, -0.2) is 0 Å². The maximum atomic E-state index is 5.95. The first-order valence-electron chi connectivity index (χ1n) is 5.07. The standard InChI is InChI=1S/C13H8Br2Cl2O/c14-7-8-5-9(15)1-4-13(8)18-10-2-3-11(16)12(17)6-10/h1-6H,7H2. The summed E-state index contributed by atoms with van der Waals surface area (Å²) in [7, 11) is 0. The summed E-state index contributed by atoms with van der Waals surface area (Å²) in [6.07, 6.45) is 0. The molecule has 2 aromatic carbocycles. The normalized spacial score (nSPS) is 10.4. The van der Waals surface area contributed by atoms with Crippen molar-refractivity contribution in [1.29, 1.82) is 0 Å². The molecule has 5 heteroatoms. The zero-order valence-corrected chi connectivity index (χ0v) is 13.8. The summed E-state index contributed by atoms with van der Waals surface area (Å²) in [6.45, 7) is 0. The monoisotopic (exact) mass is 408 g/mol. The topological polar surface area (TPSA) is 9.23 Å². The molecule has 0 atom stereocenters. The van der Waals surface area contributed by atoms with Crippen molar-refractivity contribution in [1.82, 2.24) is 0 Å². The van der Waals surface area contributed by atoms with Crippen molar-refractivity contribution in [2.75, 3.05) is 0 Å². The van der Waals surface area contributed by atoms with Gasteiger partial charge in [-0.15, -0.1) is 0 Å².